The van der Waals surface area contributed by atoms with E-state index < -0.39 is 9.05 Å². The lowest BCUT2D eigenvalue weighted by Crippen LogP contribution is -2.11. The lowest BCUT2D eigenvalue weighted by atomic mass is 10.0. The van der Waals surface area contributed by atoms with Crippen LogP contribution in [0.3, 0.4) is 0 Å². The first-order chi connectivity index (χ1) is 6.96. The van der Waals surface area contributed by atoms with Crippen LogP contribution in [0.15, 0.2) is 18.2 Å². The Kier molecular flexibility index (Phi) is 2.83. The van der Waals surface area contributed by atoms with Crippen molar-refractivity contribution in [1.29, 1.82) is 0 Å². The third-order valence-electron chi connectivity index (χ3n) is 2.26. The van der Waals surface area contributed by atoms with E-state index in [0.29, 0.717) is 17.4 Å². The molecular weight excluding hydrogens is 259 g/mol. The van der Waals surface area contributed by atoms with Gasteiger partial charge in [-0.05, 0) is 12.1 Å². The minimum atomic E-state index is -3.50. The van der Waals surface area contributed by atoms with Crippen LogP contribution < -0.4 is 4.74 Å². The number of fused-ring (bicyclic) bond motifs is 1. The van der Waals surface area contributed by atoms with Gasteiger partial charge >= 0.3 is 0 Å². The maximum Gasteiger partial charge on any atom is 0.233 e. The highest BCUT2D eigenvalue weighted by atomic mass is 35.7. The second kappa shape index (κ2) is 3.85. The van der Waals surface area contributed by atoms with Gasteiger partial charge in [-0.15, -0.1) is 0 Å². The number of ether oxygens (including phenoxy) is 1. The molecule has 6 heteroatoms. The molecule has 0 saturated heterocycles. The van der Waals surface area contributed by atoms with Crippen molar-refractivity contribution >= 4 is 31.3 Å². The zero-order valence-corrected chi connectivity index (χ0v) is 9.94. The molecule has 0 aromatic heterocycles. The summed E-state index contributed by atoms with van der Waals surface area (Å²) >= 11 is 5.78. The van der Waals surface area contributed by atoms with E-state index in [9.17, 15) is 8.42 Å². The molecule has 2 rings (SSSR count). The van der Waals surface area contributed by atoms with E-state index in [1.165, 1.54) is 0 Å². The third-order valence-corrected chi connectivity index (χ3v) is 3.67. The lowest BCUT2D eigenvalue weighted by Gasteiger charge is -2.05. The molecule has 0 fully saturated rings. The summed E-state index contributed by atoms with van der Waals surface area (Å²) in [6.45, 7) is 0.335. The molecule has 1 unspecified atom stereocenters. The maximum atomic E-state index is 10.9. The number of benzene rings is 1. The van der Waals surface area contributed by atoms with Gasteiger partial charge in [0.25, 0.3) is 0 Å². The smallest absolute Gasteiger partial charge is 0.233 e. The van der Waals surface area contributed by atoms with Crippen molar-refractivity contribution in [3.8, 4) is 5.75 Å². The summed E-state index contributed by atoms with van der Waals surface area (Å²) in [5.74, 6) is 0.344. The van der Waals surface area contributed by atoms with Crippen LogP contribution in [-0.4, -0.2) is 20.8 Å². The second-order valence-electron chi connectivity index (χ2n) is 3.40. The summed E-state index contributed by atoms with van der Waals surface area (Å²) in [5.41, 5.74) is 0.851. The first-order valence-corrected chi connectivity index (χ1v) is 7.16. The maximum absolute atomic E-state index is 10.9. The Bertz CT molecular complexity index is 484. The Labute approximate surface area is 97.4 Å². The summed E-state index contributed by atoms with van der Waals surface area (Å²) in [5, 5.41) is 0.572. The molecule has 82 valence electrons. The summed E-state index contributed by atoms with van der Waals surface area (Å²) in [4.78, 5) is 0. The molecule has 0 bridgehead atoms. The van der Waals surface area contributed by atoms with Crippen molar-refractivity contribution in [3.05, 3.63) is 28.8 Å². The highest BCUT2D eigenvalue weighted by Crippen LogP contribution is 2.36. The van der Waals surface area contributed by atoms with Gasteiger partial charge in [-0.1, -0.05) is 17.7 Å². The molecule has 1 aliphatic rings. The predicted molar refractivity (Wildman–Crippen MR) is 59.3 cm³/mol. The van der Waals surface area contributed by atoms with Gasteiger partial charge in [0.2, 0.25) is 9.05 Å². The molecule has 0 N–H and O–H groups in total. The van der Waals surface area contributed by atoms with Crippen LogP contribution in [0.4, 0.5) is 0 Å². The van der Waals surface area contributed by atoms with Crippen LogP contribution in [0, 0.1) is 0 Å². The van der Waals surface area contributed by atoms with E-state index in [0.717, 1.165) is 5.56 Å². The number of hydrogen-bond acceptors (Lipinski definition) is 3. The normalized spacial score (nSPS) is 19.7. The Balaban J connectivity index is 2.29. The van der Waals surface area contributed by atoms with Crippen molar-refractivity contribution in [3.63, 3.8) is 0 Å². The number of rotatable bonds is 2. The molecule has 1 aromatic rings. The Morgan fingerprint density at radius 2 is 2.20 bits per heavy atom. The lowest BCUT2D eigenvalue weighted by molar-refractivity contribution is 0.338. The van der Waals surface area contributed by atoms with E-state index in [1.807, 2.05) is 0 Å². The monoisotopic (exact) mass is 266 g/mol. The van der Waals surface area contributed by atoms with Gasteiger partial charge in [0, 0.05) is 27.2 Å². The van der Waals surface area contributed by atoms with Crippen LogP contribution in [0.5, 0.6) is 5.75 Å². The predicted octanol–water partition coefficient (Wildman–Crippen LogP) is 2.38. The van der Waals surface area contributed by atoms with Crippen LogP contribution >= 0.6 is 22.3 Å². The minimum Gasteiger partial charge on any atom is -0.493 e. The zero-order valence-electron chi connectivity index (χ0n) is 7.61. The van der Waals surface area contributed by atoms with Crippen molar-refractivity contribution in [2.45, 2.75) is 5.92 Å². The van der Waals surface area contributed by atoms with Crippen molar-refractivity contribution in [2.75, 3.05) is 12.4 Å². The second-order valence-corrected chi connectivity index (χ2v) is 6.65. The van der Waals surface area contributed by atoms with E-state index in [-0.39, 0.29) is 11.7 Å². The third kappa shape index (κ3) is 2.56. The topological polar surface area (TPSA) is 43.4 Å². The van der Waals surface area contributed by atoms with Gasteiger partial charge in [-0.3, -0.25) is 0 Å². The molecule has 0 amide bonds. The standard InChI is InChI=1S/C9H8Cl2O3S/c10-7-1-2-8-6(5-15(11,12)13)4-14-9(8)3-7/h1-3,6H,4-5H2. The molecule has 1 heterocycles. The summed E-state index contributed by atoms with van der Waals surface area (Å²) < 4.78 is 27.2. The Morgan fingerprint density at radius 3 is 2.87 bits per heavy atom. The van der Waals surface area contributed by atoms with Gasteiger partial charge in [0.15, 0.2) is 0 Å². The molecule has 0 saturated carbocycles. The van der Waals surface area contributed by atoms with Crippen LogP contribution in [0.1, 0.15) is 11.5 Å². The molecule has 0 spiro atoms. The first kappa shape index (κ1) is 11.0. The van der Waals surface area contributed by atoms with E-state index in [2.05, 4.69) is 0 Å². The SMILES string of the molecule is O=S(=O)(Cl)CC1COc2cc(Cl)ccc21. The molecule has 1 atom stereocenters. The zero-order chi connectivity index (χ0) is 11.1. The average Bonchev–Trinajstić information content (AvgIpc) is 2.45. The quantitative estimate of drug-likeness (QED) is 0.773. The molecule has 3 nitrogen and oxygen atoms in total. The molecule has 15 heavy (non-hydrogen) atoms. The highest BCUT2D eigenvalue weighted by molar-refractivity contribution is 8.13. The fourth-order valence-corrected chi connectivity index (χ4v) is 3.00. The minimum absolute atomic E-state index is 0.108. The van der Waals surface area contributed by atoms with Gasteiger partial charge in [-0.2, -0.15) is 0 Å². The number of hydrogen-bond donors (Lipinski definition) is 0. The number of halogens is 2. The molecule has 0 radical (unpaired) electrons. The Hall–Kier alpha value is -0.450. The van der Waals surface area contributed by atoms with Crippen molar-refractivity contribution in [2.24, 2.45) is 0 Å². The van der Waals surface area contributed by atoms with Crippen LogP contribution in [0.25, 0.3) is 0 Å². The molecule has 1 aliphatic heterocycles. The van der Waals surface area contributed by atoms with E-state index >= 15 is 0 Å². The van der Waals surface area contributed by atoms with Crippen molar-refractivity contribution < 1.29 is 13.2 Å². The highest BCUT2D eigenvalue weighted by Gasteiger charge is 2.28. The van der Waals surface area contributed by atoms with Gasteiger partial charge in [-0.25, -0.2) is 8.42 Å². The van der Waals surface area contributed by atoms with Crippen molar-refractivity contribution in [1.82, 2.24) is 0 Å². The van der Waals surface area contributed by atoms with Gasteiger partial charge < -0.3 is 4.74 Å². The summed E-state index contributed by atoms with van der Waals surface area (Å²) in [6, 6.07) is 5.16. The average molecular weight is 267 g/mol. The molecular formula is C9H8Cl2O3S. The largest absolute Gasteiger partial charge is 0.493 e. The van der Waals surface area contributed by atoms with Gasteiger partial charge in [0.05, 0.1) is 12.4 Å². The van der Waals surface area contributed by atoms with Gasteiger partial charge in [0.1, 0.15) is 5.75 Å². The van der Waals surface area contributed by atoms with E-state index in [4.69, 9.17) is 27.0 Å². The fourth-order valence-electron chi connectivity index (χ4n) is 1.63. The summed E-state index contributed by atoms with van der Waals surface area (Å²) in [6.07, 6.45) is 0. The Morgan fingerprint density at radius 1 is 1.47 bits per heavy atom. The molecule has 0 aliphatic carbocycles. The fraction of sp³-hybridized carbons (Fsp3) is 0.333. The van der Waals surface area contributed by atoms with Crippen LogP contribution in [-0.2, 0) is 9.05 Å². The van der Waals surface area contributed by atoms with E-state index in [1.54, 1.807) is 18.2 Å². The van der Waals surface area contributed by atoms with Crippen LogP contribution in [0.2, 0.25) is 5.02 Å². The first-order valence-electron chi connectivity index (χ1n) is 4.30. The summed E-state index contributed by atoms with van der Waals surface area (Å²) in [7, 11) is 1.70. The molecule has 1 aromatic carbocycles.